The van der Waals surface area contributed by atoms with Gasteiger partial charge in [-0.25, -0.2) is 18.2 Å². The molecule has 0 saturated carbocycles. The first-order valence-corrected chi connectivity index (χ1v) is 10.2. The van der Waals surface area contributed by atoms with Crippen molar-refractivity contribution in [1.29, 1.82) is 0 Å². The number of H-pyrrole nitrogens is 1. The molecule has 9 nitrogen and oxygen atoms in total. The molecule has 4 aromatic rings. The quantitative estimate of drug-likeness (QED) is 0.460. The van der Waals surface area contributed by atoms with Gasteiger partial charge in [-0.05, 0) is 42.3 Å². The molecule has 4 rings (SSSR count). The van der Waals surface area contributed by atoms with Gasteiger partial charge < -0.3 is 5.11 Å². The number of sulfonamides is 1. The van der Waals surface area contributed by atoms with Gasteiger partial charge in [-0.2, -0.15) is 9.61 Å². The number of hydrogen-bond donors (Lipinski definition) is 3. The molecule has 0 fully saturated rings. The van der Waals surface area contributed by atoms with Crippen molar-refractivity contribution < 1.29 is 13.5 Å². The van der Waals surface area contributed by atoms with Crippen molar-refractivity contribution >= 4 is 21.4 Å². The number of nitrogens with zero attached hydrogens (tertiary/aromatic N) is 3. The fraction of sp³-hybridized carbons (Fsp3) is 0.105. The van der Waals surface area contributed by atoms with E-state index in [0.29, 0.717) is 28.0 Å². The highest BCUT2D eigenvalue weighted by atomic mass is 32.2. The fourth-order valence-corrected chi connectivity index (χ4v) is 3.94. The summed E-state index contributed by atoms with van der Waals surface area (Å²) in [5.74, 6) is 0. The van der Waals surface area contributed by atoms with E-state index >= 15 is 0 Å². The van der Waals surface area contributed by atoms with Crippen molar-refractivity contribution in [3.63, 3.8) is 0 Å². The second-order valence-corrected chi connectivity index (χ2v) is 8.11. The third kappa shape index (κ3) is 3.62. The van der Waals surface area contributed by atoms with Crippen LogP contribution in [0, 0.1) is 0 Å². The minimum atomic E-state index is -3.79. The molecule has 1 atom stereocenters. The zero-order valence-electron chi connectivity index (χ0n) is 15.3. The molecular formula is C19H17N5O4S. The number of aromatic nitrogens is 4. The predicted molar refractivity (Wildman–Crippen MR) is 107 cm³/mol. The maximum atomic E-state index is 12.6. The first-order chi connectivity index (χ1) is 13.8. The normalized spacial score (nSPS) is 12.8. The largest absolute Gasteiger partial charge is 0.389 e. The van der Waals surface area contributed by atoms with Crippen LogP contribution in [0.25, 0.3) is 16.8 Å². The molecule has 0 amide bonds. The molecule has 2 aromatic heterocycles. The zero-order valence-corrected chi connectivity index (χ0v) is 16.1. The molecule has 148 valence electrons. The van der Waals surface area contributed by atoms with Crippen LogP contribution >= 0.6 is 0 Å². The minimum absolute atomic E-state index is 0.0862. The van der Waals surface area contributed by atoms with E-state index in [9.17, 15) is 18.3 Å². The van der Waals surface area contributed by atoms with Crippen LogP contribution in [0.2, 0.25) is 0 Å². The van der Waals surface area contributed by atoms with Crippen LogP contribution in [0.1, 0.15) is 18.6 Å². The van der Waals surface area contributed by atoms with Crippen LogP contribution < -0.4 is 10.4 Å². The summed E-state index contributed by atoms with van der Waals surface area (Å²) in [4.78, 5) is 18.4. The number of fused-ring (bicyclic) bond motifs is 1. The maximum Gasteiger partial charge on any atom is 0.349 e. The highest BCUT2D eigenvalue weighted by Gasteiger charge is 2.16. The van der Waals surface area contributed by atoms with Crippen molar-refractivity contribution in [1.82, 2.24) is 19.6 Å². The molecular weight excluding hydrogens is 394 g/mol. The van der Waals surface area contributed by atoms with Gasteiger partial charge in [0.2, 0.25) is 0 Å². The fourth-order valence-electron chi connectivity index (χ4n) is 2.89. The van der Waals surface area contributed by atoms with Gasteiger partial charge in [0.15, 0.2) is 5.65 Å². The van der Waals surface area contributed by atoms with Gasteiger partial charge in [-0.1, -0.05) is 24.3 Å². The van der Waals surface area contributed by atoms with Crippen LogP contribution in [-0.2, 0) is 10.0 Å². The highest BCUT2D eigenvalue weighted by molar-refractivity contribution is 7.92. The molecule has 0 aliphatic carbocycles. The van der Waals surface area contributed by atoms with Crippen LogP contribution in [0.4, 0.5) is 5.69 Å². The van der Waals surface area contributed by atoms with Crippen molar-refractivity contribution in [3.05, 3.63) is 77.1 Å². The van der Waals surface area contributed by atoms with Crippen molar-refractivity contribution in [3.8, 4) is 11.1 Å². The summed E-state index contributed by atoms with van der Waals surface area (Å²) in [6, 6.07) is 12.7. The molecule has 29 heavy (non-hydrogen) atoms. The molecule has 10 heteroatoms. The lowest BCUT2D eigenvalue weighted by Gasteiger charge is -2.10. The lowest BCUT2D eigenvalue weighted by molar-refractivity contribution is 0.199. The Hall–Kier alpha value is -3.50. The first-order valence-electron chi connectivity index (χ1n) is 8.68. The molecule has 0 aliphatic heterocycles. The monoisotopic (exact) mass is 411 g/mol. The van der Waals surface area contributed by atoms with E-state index in [1.165, 1.54) is 24.7 Å². The molecule has 3 N–H and O–H groups in total. The number of benzene rings is 2. The van der Waals surface area contributed by atoms with E-state index in [1.807, 2.05) is 0 Å². The van der Waals surface area contributed by atoms with E-state index in [-0.39, 0.29) is 4.90 Å². The summed E-state index contributed by atoms with van der Waals surface area (Å²) in [7, 11) is -3.79. The Balaban J connectivity index is 1.61. The molecule has 0 spiro atoms. The Bertz CT molecular complexity index is 1320. The summed E-state index contributed by atoms with van der Waals surface area (Å²) < 4.78 is 28.9. The van der Waals surface area contributed by atoms with E-state index in [4.69, 9.17) is 0 Å². The van der Waals surface area contributed by atoms with Gasteiger partial charge in [-0.3, -0.25) is 9.71 Å². The number of nitrogens with one attached hydrogen (secondary N) is 2. The van der Waals surface area contributed by atoms with Gasteiger partial charge in [0, 0.05) is 11.3 Å². The number of anilines is 1. The van der Waals surface area contributed by atoms with Gasteiger partial charge in [0.25, 0.3) is 10.0 Å². The summed E-state index contributed by atoms with van der Waals surface area (Å²) in [6.45, 7) is 1.64. The number of rotatable bonds is 5. The second kappa shape index (κ2) is 7.15. The van der Waals surface area contributed by atoms with E-state index < -0.39 is 21.8 Å². The number of aliphatic hydroxyl groups is 1. The van der Waals surface area contributed by atoms with E-state index in [0.717, 1.165) is 4.52 Å². The van der Waals surface area contributed by atoms with Gasteiger partial charge in [0.1, 0.15) is 0 Å². The van der Waals surface area contributed by atoms with Crippen LogP contribution in [0.5, 0.6) is 0 Å². The summed E-state index contributed by atoms with van der Waals surface area (Å²) in [6.07, 6.45) is 2.16. The SMILES string of the molecule is CC(O)c1ccc(NS(=O)(=O)c2ccc(-c3cnn4c(=O)[nH]cnc34)cc2)cc1. The molecule has 2 heterocycles. The third-order valence-corrected chi connectivity index (χ3v) is 5.83. The maximum absolute atomic E-state index is 12.6. The van der Waals surface area contributed by atoms with Gasteiger partial charge in [-0.15, -0.1) is 0 Å². The summed E-state index contributed by atoms with van der Waals surface area (Å²) in [5, 5.41) is 13.5. The van der Waals surface area contributed by atoms with Crippen LogP contribution in [0.3, 0.4) is 0 Å². The highest BCUT2D eigenvalue weighted by Crippen LogP contribution is 2.25. The Morgan fingerprint density at radius 1 is 1.10 bits per heavy atom. The van der Waals surface area contributed by atoms with Crippen molar-refractivity contribution in [2.75, 3.05) is 4.72 Å². The lowest BCUT2D eigenvalue weighted by Crippen LogP contribution is -2.17. The summed E-state index contributed by atoms with van der Waals surface area (Å²) in [5.41, 5.74) is 2.34. The smallest absolute Gasteiger partial charge is 0.349 e. The van der Waals surface area contributed by atoms with Crippen molar-refractivity contribution in [2.45, 2.75) is 17.9 Å². The molecule has 2 aromatic carbocycles. The Labute approximate surface area is 165 Å². The number of hydrogen-bond acceptors (Lipinski definition) is 6. The lowest BCUT2D eigenvalue weighted by atomic mass is 10.1. The number of aliphatic hydroxyl groups excluding tert-OH is 1. The first kappa shape index (κ1) is 18.8. The Morgan fingerprint density at radius 2 is 1.79 bits per heavy atom. The third-order valence-electron chi connectivity index (χ3n) is 4.43. The van der Waals surface area contributed by atoms with Gasteiger partial charge >= 0.3 is 5.69 Å². The Kier molecular flexibility index (Phi) is 4.65. The zero-order chi connectivity index (χ0) is 20.6. The minimum Gasteiger partial charge on any atom is -0.389 e. The topological polar surface area (TPSA) is 129 Å². The molecule has 0 saturated heterocycles. The second-order valence-electron chi connectivity index (χ2n) is 6.43. The van der Waals surface area contributed by atoms with E-state index in [1.54, 1.807) is 43.3 Å². The van der Waals surface area contributed by atoms with E-state index in [2.05, 4.69) is 19.8 Å². The standard InChI is InChI=1S/C19H17N5O4S/c1-12(25)13-2-6-15(7-3-13)23-29(27,28)16-8-4-14(5-9-16)17-10-22-24-18(17)20-11-21-19(24)26/h2-12,23,25H,1H3,(H,20,21,26). The molecule has 0 radical (unpaired) electrons. The average molecular weight is 411 g/mol. The Morgan fingerprint density at radius 3 is 2.45 bits per heavy atom. The average Bonchev–Trinajstić information content (AvgIpc) is 3.14. The summed E-state index contributed by atoms with van der Waals surface area (Å²) >= 11 is 0. The van der Waals surface area contributed by atoms with Gasteiger partial charge in [0.05, 0.1) is 23.5 Å². The van der Waals surface area contributed by atoms with Crippen molar-refractivity contribution in [2.24, 2.45) is 0 Å². The molecule has 0 aliphatic rings. The molecule has 1 unspecified atom stereocenters. The van der Waals surface area contributed by atoms with Crippen LogP contribution in [-0.4, -0.2) is 33.1 Å². The molecule has 0 bridgehead atoms. The number of aromatic amines is 1. The predicted octanol–water partition coefficient (Wildman–Crippen LogP) is 1.94. The van der Waals surface area contributed by atoms with Crippen LogP contribution in [0.15, 0.2) is 70.7 Å².